The zero-order valence-corrected chi connectivity index (χ0v) is 17.4. The molecule has 150 valence electrons. The van der Waals surface area contributed by atoms with Gasteiger partial charge >= 0.3 is 6.03 Å². The number of benzene rings is 1. The fraction of sp³-hybridized carbons (Fsp3) is 0.400. The first-order chi connectivity index (χ1) is 13.6. The number of amides is 3. The molecule has 1 aliphatic heterocycles. The van der Waals surface area contributed by atoms with Gasteiger partial charge in [-0.05, 0) is 24.6 Å². The van der Waals surface area contributed by atoms with Gasteiger partial charge in [-0.25, -0.2) is 4.79 Å². The maximum Gasteiger partial charge on any atom is 0.321 e. The predicted molar refractivity (Wildman–Crippen MR) is 113 cm³/mol. The lowest BCUT2D eigenvalue weighted by atomic mass is 10.0. The van der Waals surface area contributed by atoms with E-state index in [9.17, 15) is 9.59 Å². The van der Waals surface area contributed by atoms with Gasteiger partial charge in [0.2, 0.25) is 5.91 Å². The van der Waals surface area contributed by atoms with Crippen LogP contribution < -0.4 is 10.6 Å². The SMILES string of the molecule is CCNC(=O)NC(=O)[C@@H](c1ccccc1)N1CCN(Cc2ccc(Cl)s2)CC1. The number of carbonyl (C=O) groups excluding carboxylic acids is 2. The van der Waals surface area contributed by atoms with Crippen LogP contribution in [0.25, 0.3) is 0 Å². The third-order valence-electron chi connectivity index (χ3n) is 4.72. The summed E-state index contributed by atoms with van der Waals surface area (Å²) in [6, 6.07) is 12.7. The van der Waals surface area contributed by atoms with Gasteiger partial charge in [-0.1, -0.05) is 41.9 Å². The van der Waals surface area contributed by atoms with E-state index in [1.54, 1.807) is 11.3 Å². The molecular weight excluding hydrogens is 396 g/mol. The Hall–Kier alpha value is -1.93. The Labute approximate surface area is 174 Å². The fourth-order valence-corrected chi connectivity index (χ4v) is 4.52. The van der Waals surface area contributed by atoms with Crippen LogP contribution in [-0.2, 0) is 11.3 Å². The lowest BCUT2D eigenvalue weighted by Crippen LogP contribution is -2.52. The molecule has 2 N–H and O–H groups in total. The predicted octanol–water partition coefficient (Wildman–Crippen LogP) is 3.11. The molecule has 1 saturated heterocycles. The van der Waals surface area contributed by atoms with E-state index in [2.05, 4.69) is 26.5 Å². The van der Waals surface area contributed by atoms with Crippen molar-refractivity contribution in [2.24, 2.45) is 0 Å². The zero-order chi connectivity index (χ0) is 19.9. The second kappa shape index (κ2) is 10.0. The minimum absolute atomic E-state index is 0.296. The average Bonchev–Trinajstić information content (AvgIpc) is 3.09. The number of hydrogen-bond donors (Lipinski definition) is 2. The third kappa shape index (κ3) is 5.54. The Balaban J connectivity index is 1.66. The van der Waals surface area contributed by atoms with E-state index in [-0.39, 0.29) is 5.91 Å². The Kier molecular flexibility index (Phi) is 7.44. The highest BCUT2D eigenvalue weighted by atomic mass is 35.5. The van der Waals surface area contributed by atoms with Crippen molar-refractivity contribution in [2.45, 2.75) is 19.5 Å². The number of nitrogens with zero attached hydrogens (tertiary/aromatic N) is 2. The minimum atomic E-state index is -0.484. The number of piperazine rings is 1. The maximum atomic E-state index is 12.9. The van der Waals surface area contributed by atoms with E-state index in [1.165, 1.54) is 4.88 Å². The van der Waals surface area contributed by atoms with Crippen LogP contribution in [-0.4, -0.2) is 54.5 Å². The molecule has 0 aliphatic carbocycles. The van der Waals surface area contributed by atoms with E-state index in [0.717, 1.165) is 42.6 Å². The third-order valence-corrected chi connectivity index (χ3v) is 5.93. The molecule has 1 aliphatic rings. The molecule has 0 unspecified atom stereocenters. The molecule has 1 atom stereocenters. The van der Waals surface area contributed by atoms with Gasteiger partial charge in [-0.3, -0.25) is 19.9 Å². The van der Waals surface area contributed by atoms with Crippen LogP contribution in [0, 0.1) is 0 Å². The molecule has 3 rings (SSSR count). The standard InChI is InChI=1S/C20H25ClN4O2S/c1-2-22-20(27)23-19(26)18(15-6-4-3-5-7-15)25-12-10-24(11-13-25)14-16-8-9-17(21)28-16/h3-9,18H,2,10-14H2,1H3,(H2,22,23,26,27)/t18-/m1/s1. The first-order valence-electron chi connectivity index (χ1n) is 9.41. The summed E-state index contributed by atoms with van der Waals surface area (Å²) >= 11 is 7.63. The lowest BCUT2D eigenvalue weighted by Gasteiger charge is -2.38. The second-order valence-corrected chi connectivity index (χ2v) is 8.48. The summed E-state index contributed by atoms with van der Waals surface area (Å²) in [5, 5.41) is 5.09. The number of nitrogens with one attached hydrogen (secondary N) is 2. The van der Waals surface area contributed by atoms with Gasteiger partial charge in [0.15, 0.2) is 0 Å². The van der Waals surface area contributed by atoms with E-state index in [1.807, 2.05) is 43.3 Å². The van der Waals surface area contributed by atoms with E-state index in [0.29, 0.717) is 6.54 Å². The van der Waals surface area contributed by atoms with Crippen LogP contribution in [0.1, 0.15) is 23.4 Å². The maximum absolute atomic E-state index is 12.9. The van der Waals surface area contributed by atoms with Gasteiger partial charge in [-0.15, -0.1) is 11.3 Å². The van der Waals surface area contributed by atoms with E-state index in [4.69, 9.17) is 11.6 Å². The van der Waals surface area contributed by atoms with Gasteiger partial charge < -0.3 is 5.32 Å². The number of urea groups is 1. The second-order valence-electron chi connectivity index (χ2n) is 6.68. The molecule has 1 aromatic carbocycles. The van der Waals surface area contributed by atoms with Crippen molar-refractivity contribution in [1.29, 1.82) is 0 Å². The number of imide groups is 1. The number of rotatable bonds is 6. The minimum Gasteiger partial charge on any atom is -0.338 e. The summed E-state index contributed by atoms with van der Waals surface area (Å²) < 4.78 is 0.805. The van der Waals surface area contributed by atoms with Crippen LogP contribution in [0.3, 0.4) is 0 Å². The summed E-state index contributed by atoms with van der Waals surface area (Å²) in [5.74, 6) is -0.296. The molecule has 2 aromatic rings. The van der Waals surface area contributed by atoms with Crippen molar-refractivity contribution in [3.05, 3.63) is 57.2 Å². The van der Waals surface area contributed by atoms with Crippen molar-refractivity contribution in [2.75, 3.05) is 32.7 Å². The average molecular weight is 421 g/mol. The molecule has 6 nitrogen and oxygen atoms in total. The summed E-state index contributed by atoms with van der Waals surface area (Å²) in [6.45, 7) is 6.37. The molecule has 8 heteroatoms. The van der Waals surface area contributed by atoms with Crippen LogP contribution in [0.4, 0.5) is 4.79 Å². The molecule has 0 bridgehead atoms. The van der Waals surface area contributed by atoms with Gasteiger partial charge in [0.1, 0.15) is 6.04 Å². The van der Waals surface area contributed by atoms with E-state index >= 15 is 0 Å². The first-order valence-corrected chi connectivity index (χ1v) is 10.6. The highest BCUT2D eigenvalue weighted by molar-refractivity contribution is 7.16. The molecule has 0 saturated carbocycles. The van der Waals surface area contributed by atoms with Crippen molar-refractivity contribution >= 4 is 34.9 Å². The van der Waals surface area contributed by atoms with Crippen molar-refractivity contribution in [3.8, 4) is 0 Å². The number of thiophene rings is 1. The molecule has 28 heavy (non-hydrogen) atoms. The summed E-state index contributed by atoms with van der Waals surface area (Å²) in [6.07, 6.45) is 0. The van der Waals surface area contributed by atoms with Crippen molar-refractivity contribution < 1.29 is 9.59 Å². The quantitative estimate of drug-likeness (QED) is 0.753. The van der Waals surface area contributed by atoms with Gasteiger partial charge in [0, 0.05) is 44.1 Å². The molecule has 2 heterocycles. The largest absolute Gasteiger partial charge is 0.338 e. The normalized spacial score (nSPS) is 16.5. The number of halogens is 1. The molecule has 0 radical (unpaired) electrons. The van der Waals surface area contributed by atoms with Crippen LogP contribution >= 0.6 is 22.9 Å². The highest BCUT2D eigenvalue weighted by Crippen LogP contribution is 2.25. The summed E-state index contributed by atoms with van der Waals surface area (Å²) in [4.78, 5) is 30.5. The summed E-state index contributed by atoms with van der Waals surface area (Å²) in [5.41, 5.74) is 0.891. The number of hydrogen-bond acceptors (Lipinski definition) is 5. The highest BCUT2D eigenvalue weighted by Gasteiger charge is 2.31. The molecule has 1 fully saturated rings. The van der Waals surface area contributed by atoms with Gasteiger partial charge in [0.05, 0.1) is 4.34 Å². The monoisotopic (exact) mass is 420 g/mol. The van der Waals surface area contributed by atoms with Crippen LogP contribution in [0.5, 0.6) is 0 Å². The Morgan fingerprint density at radius 3 is 2.43 bits per heavy atom. The smallest absolute Gasteiger partial charge is 0.321 e. The van der Waals surface area contributed by atoms with Crippen molar-refractivity contribution in [3.63, 3.8) is 0 Å². The van der Waals surface area contributed by atoms with Gasteiger partial charge in [-0.2, -0.15) is 0 Å². The Bertz CT molecular complexity index is 791. The van der Waals surface area contributed by atoms with Crippen LogP contribution in [0.2, 0.25) is 4.34 Å². The Morgan fingerprint density at radius 1 is 1.11 bits per heavy atom. The summed E-state index contributed by atoms with van der Waals surface area (Å²) in [7, 11) is 0. The Morgan fingerprint density at radius 2 is 1.82 bits per heavy atom. The fourth-order valence-electron chi connectivity index (χ4n) is 3.39. The van der Waals surface area contributed by atoms with Crippen molar-refractivity contribution in [1.82, 2.24) is 20.4 Å². The lowest BCUT2D eigenvalue weighted by molar-refractivity contribution is -0.126. The van der Waals surface area contributed by atoms with Crippen LogP contribution in [0.15, 0.2) is 42.5 Å². The molecular formula is C20H25ClN4O2S. The topological polar surface area (TPSA) is 64.7 Å². The van der Waals surface area contributed by atoms with E-state index < -0.39 is 12.1 Å². The zero-order valence-electron chi connectivity index (χ0n) is 15.9. The molecule has 0 spiro atoms. The molecule has 3 amide bonds. The number of carbonyl (C=O) groups is 2. The molecule has 1 aromatic heterocycles. The first kappa shape index (κ1) is 20.8. The van der Waals surface area contributed by atoms with Gasteiger partial charge in [0.25, 0.3) is 0 Å².